The molecule has 3 rings (SSSR count). The van der Waals surface area contributed by atoms with E-state index in [1.165, 1.54) is 19.3 Å². The number of aliphatic hydroxyl groups excluding tert-OH is 1. The lowest BCUT2D eigenvalue weighted by Gasteiger charge is -2.27. The number of aliphatic hydroxyl groups is 1. The third-order valence-electron chi connectivity index (χ3n) is 3.71. The number of H-pyrrole nitrogens is 2. The molecule has 1 aliphatic rings. The van der Waals surface area contributed by atoms with Crippen molar-refractivity contribution in [3.8, 4) is 0 Å². The van der Waals surface area contributed by atoms with Crippen LogP contribution in [-0.2, 0) is 0 Å². The summed E-state index contributed by atoms with van der Waals surface area (Å²) in [5.41, 5.74) is 2.24. The SMILES string of the molecule is O=c1[nH]c2ccc(C(O)CC3CCC3)cc2[nH]1. The van der Waals surface area contributed by atoms with Gasteiger partial charge in [0.25, 0.3) is 0 Å². The smallest absolute Gasteiger partial charge is 0.323 e. The molecule has 0 aliphatic heterocycles. The van der Waals surface area contributed by atoms with Gasteiger partial charge in [0, 0.05) is 0 Å². The Bertz CT molecular complexity index is 580. The van der Waals surface area contributed by atoms with Crippen LogP contribution in [0.5, 0.6) is 0 Å². The number of imidazole rings is 1. The molecule has 4 heteroatoms. The van der Waals surface area contributed by atoms with E-state index in [0.717, 1.165) is 23.0 Å². The third-order valence-corrected chi connectivity index (χ3v) is 3.71. The Hall–Kier alpha value is -1.55. The Kier molecular flexibility index (Phi) is 2.52. The second kappa shape index (κ2) is 4.04. The first-order valence-corrected chi connectivity index (χ1v) is 6.12. The predicted molar refractivity (Wildman–Crippen MR) is 65.8 cm³/mol. The van der Waals surface area contributed by atoms with Gasteiger partial charge in [-0.1, -0.05) is 25.3 Å². The molecule has 1 atom stereocenters. The minimum atomic E-state index is -0.414. The maximum Gasteiger partial charge on any atom is 0.323 e. The average Bonchev–Trinajstić information content (AvgIpc) is 2.62. The van der Waals surface area contributed by atoms with Gasteiger partial charge in [-0.25, -0.2) is 4.79 Å². The van der Waals surface area contributed by atoms with Gasteiger partial charge >= 0.3 is 5.69 Å². The molecule has 1 aromatic heterocycles. The first-order valence-electron chi connectivity index (χ1n) is 6.12. The molecule has 0 amide bonds. The minimum Gasteiger partial charge on any atom is -0.388 e. The van der Waals surface area contributed by atoms with Crippen molar-refractivity contribution in [1.29, 1.82) is 0 Å². The summed E-state index contributed by atoms with van der Waals surface area (Å²) in [6.45, 7) is 0. The van der Waals surface area contributed by atoms with Gasteiger partial charge in [-0.2, -0.15) is 0 Å². The molecule has 3 N–H and O–H groups in total. The van der Waals surface area contributed by atoms with Crippen molar-refractivity contribution in [2.75, 3.05) is 0 Å². The zero-order valence-electron chi connectivity index (χ0n) is 9.57. The molecular formula is C13H16N2O2. The molecule has 1 saturated carbocycles. The highest BCUT2D eigenvalue weighted by Crippen LogP contribution is 2.34. The van der Waals surface area contributed by atoms with E-state index >= 15 is 0 Å². The fraction of sp³-hybridized carbons (Fsp3) is 0.462. The van der Waals surface area contributed by atoms with Gasteiger partial charge in [0.15, 0.2) is 0 Å². The summed E-state index contributed by atoms with van der Waals surface area (Å²) >= 11 is 0. The van der Waals surface area contributed by atoms with E-state index in [4.69, 9.17) is 0 Å². The van der Waals surface area contributed by atoms with Crippen molar-refractivity contribution in [2.45, 2.75) is 31.8 Å². The van der Waals surface area contributed by atoms with Crippen LogP contribution in [0.1, 0.15) is 37.4 Å². The van der Waals surface area contributed by atoms with Crippen LogP contribution in [-0.4, -0.2) is 15.1 Å². The molecule has 0 bridgehead atoms. The minimum absolute atomic E-state index is 0.203. The van der Waals surface area contributed by atoms with Crippen molar-refractivity contribution < 1.29 is 5.11 Å². The Morgan fingerprint density at radius 2 is 2.06 bits per heavy atom. The van der Waals surface area contributed by atoms with Crippen LogP contribution in [0, 0.1) is 5.92 Å². The molecular weight excluding hydrogens is 216 g/mol. The van der Waals surface area contributed by atoms with Gasteiger partial charge in [0.2, 0.25) is 0 Å². The molecule has 2 aromatic rings. The van der Waals surface area contributed by atoms with Crippen LogP contribution in [0.25, 0.3) is 11.0 Å². The topological polar surface area (TPSA) is 68.9 Å². The molecule has 0 radical (unpaired) electrons. The van der Waals surface area contributed by atoms with E-state index in [1.54, 1.807) is 0 Å². The second-order valence-corrected chi connectivity index (χ2v) is 4.93. The quantitative estimate of drug-likeness (QED) is 0.758. The van der Waals surface area contributed by atoms with Crippen molar-refractivity contribution in [1.82, 2.24) is 9.97 Å². The fourth-order valence-corrected chi connectivity index (χ4v) is 2.44. The zero-order valence-corrected chi connectivity index (χ0v) is 9.57. The molecule has 1 aromatic carbocycles. The van der Waals surface area contributed by atoms with E-state index in [2.05, 4.69) is 9.97 Å². The van der Waals surface area contributed by atoms with E-state index < -0.39 is 6.10 Å². The highest BCUT2D eigenvalue weighted by atomic mass is 16.3. The largest absolute Gasteiger partial charge is 0.388 e. The third kappa shape index (κ3) is 2.00. The summed E-state index contributed by atoms with van der Waals surface area (Å²) in [7, 11) is 0. The number of aromatic amines is 2. The van der Waals surface area contributed by atoms with Crippen LogP contribution in [0.15, 0.2) is 23.0 Å². The predicted octanol–water partition coefficient (Wildman–Crippen LogP) is 2.08. The highest BCUT2D eigenvalue weighted by molar-refractivity contribution is 5.75. The Morgan fingerprint density at radius 3 is 2.76 bits per heavy atom. The molecule has 17 heavy (non-hydrogen) atoms. The van der Waals surface area contributed by atoms with Crippen LogP contribution in [0.3, 0.4) is 0 Å². The molecule has 0 spiro atoms. The van der Waals surface area contributed by atoms with Crippen LogP contribution in [0.4, 0.5) is 0 Å². The average molecular weight is 232 g/mol. The number of rotatable bonds is 3. The van der Waals surface area contributed by atoms with Crippen molar-refractivity contribution in [3.05, 3.63) is 34.2 Å². The lowest BCUT2D eigenvalue weighted by atomic mass is 9.80. The number of hydrogen-bond donors (Lipinski definition) is 3. The molecule has 1 heterocycles. The van der Waals surface area contributed by atoms with Gasteiger partial charge in [0.05, 0.1) is 17.1 Å². The molecule has 4 nitrogen and oxygen atoms in total. The van der Waals surface area contributed by atoms with Crippen LogP contribution >= 0.6 is 0 Å². The molecule has 1 unspecified atom stereocenters. The van der Waals surface area contributed by atoms with Crippen LogP contribution in [0.2, 0.25) is 0 Å². The maximum atomic E-state index is 11.1. The summed E-state index contributed by atoms with van der Waals surface area (Å²) in [6, 6.07) is 5.58. The second-order valence-electron chi connectivity index (χ2n) is 4.93. The number of hydrogen-bond acceptors (Lipinski definition) is 2. The monoisotopic (exact) mass is 232 g/mol. The molecule has 1 aliphatic carbocycles. The summed E-state index contributed by atoms with van der Waals surface area (Å²) in [5.74, 6) is 0.672. The first kappa shape index (κ1) is 10.6. The number of fused-ring (bicyclic) bond motifs is 1. The first-order chi connectivity index (χ1) is 8.22. The van der Waals surface area contributed by atoms with E-state index in [0.29, 0.717) is 5.92 Å². The summed E-state index contributed by atoms with van der Waals surface area (Å²) < 4.78 is 0. The van der Waals surface area contributed by atoms with E-state index in [9.17, 15) is 9.90 Å². The molecule has 90 valence electrons. The van der Waals surface area contributed by atoms with Crippen molar-refractivity contribution in [2.24, 2.45) is 5.92 Å². The van der Waals surface area contributed by atoms with Gasteiger partial charge in [-0.15, -0.1) is 0 Å². The van der Waals surface area contributed by atoms with Crippen molar-refractivity contribution in [3.63, 3.8) is 0 Å². The Labute approximate surface area is 98.7 Å². The Morgan fingerprint density at radius 1 is 1.29 bits per heavy atom. The Balaban J connectivity index is 1.85. The van der Waals surface area contributed by atoms with Crippen molar-refractivity contribution >= 4 is 11.0 Å². The zero-order chi connectivity index (χ0) is 11.8. The summed E-state index contributed by atoms with van der Waals surface area (Å²) in [5, 5.41) is 10.1. The maximum absolute atomic E-state index is 11.1. The lowest BCUT2D eigenvalue weighted by molar-refractivity contribution is 0.118. The summed E-state index contributed by atoms with van der Waals surface area (Å²) in [4.78, 5) is 16.5. The van der Waals surface area contributed by atoms with Crippen LogP contribution < -0.4 is 5.69 Å². The summed E-state index contributed by atoms with van der Waals surface area (Å²) in [6.07, 6.45) is 4.19. The van der Waals surface area contributed by atoms with E-state index in [-0.39, 0.29) is 5.69 Å². The van der Waals surface area contributed by atoms with Gasteiger partial charge in [0.1, 0.15) is 0 Å². The highest BCUT2D eigenvalue weighted by Gasteiger charge is 2.21. The number of aromatic nitrogens is 2. The lowest BCUT2D eigenvalue weighted by Crippen LogP contribution is -2.14. The van der Waals surface area contributed by atoms with Gasteiger partial charge in [-0.3, -0.25) is 0 Å². The molecule has 1 fully saturated rings. The fourth-order valence-electron chi connectivity index (χ4n) is 2.44. The molecule has 0 saturated heterocycles. The van der Waals surface area contributed by atoms with Gasteiger partial charge in [-0.05, 0) is 30.0 Å². The van der Waals surface area contributed by atoms with E-state index in [1.807, 2.05) is 18.2 Å². The number of benzene rings is 1. The normalized spacial score (nSPS) is 18.2. The standard InChI is InChI=1S/C13H16N2O2/c16-12(6-8-2-1-3-8)9-4-5-10-11(7-9)15-13(17)14-10/h4-5,7-8,12,16H,1-3,6H2,(H2,14,15,17). The van der Waals surface area contributed by atoms with Gasteiger partial charge < -0.3 is 15.1 Å². The number of nitrogens with one attached hydrogen (secondary N) is 2.